The number of hydrogen-bond acceptors (Lipinski definition) is 4. The van der Waals surface area contributed by atoms with Gasteiger partial charge in [-0.2, -0.15) is 5.10 Å². The van der Waals surface area contributed by atoms with Crippen molar-refractivity contribution in [2.45, 2.75) is 13.5 Å². The fourth-order valence-corrected chi connectivity index (χ4v) is 3.96. The molecule has 0 unspecified atom stereocenters. The van der Waals surface area contributed by atoms with Crippen molar-refractivity contribution in [2.24, 2.45) is 0 Å². The van der Waals surface area contributed by atoms with Crippen LogP contribution in [0.4, 0.5) is 5.69 Å². The zero-order valence-corrected chi connectivity index (χ0v) is 19.1. The lowest BCUT2D eigenvalue weighted by molar-refractivity contribution is -0.111. The number of nitrogens with one attached hydrogen (secondary N) is 1. The summed E-state index contributed by atoms with van der Waals surface area (Å²) in [6, 6.07) is 16.9. The Balaban J connectivity index is 1.47. The summed E-state index contributed by atoms with van der Waals surface area (Å²) < 4.78 is 7.03. The molecule has 1 fully saturated rings. The van der Waals surface area contributed by atoms with E-state index in [0.29, 0.717) is 54.8 Å². The second kappa shape index (κ2) is 10.5. The number of anilines is 1. The van der Waals surface area contributed by atoms with Gasteiger partial charge in [-0.1, -0.05) is 54.1 Å². The Morgan fingerprint density at radius 1 is 1.09 bits per heavy atom. The van der Waals surface area contributed by atoms with Gasteiger partial charge in [0.05, 0.1) is 36.7 Å². The van der Waals surface area contributed by atoms with Gasteiger partial charge in [0.25, 0.3) is 5.91 Å². The lowest BCUT2D eigenvalue weighted by Crippen LogP contribution is -2.41. The molecule has 0 radical (unpaired) electrons. The molecule has 1 aliphatic rings. The number of hydrogen-bond donors (Lipinski definition) is 1. The van der Waals surface area contributed by atoms with E-state index in [0.717, 1.165) is 11.3 Å². The number of benzene rings is 2. The average Bonchev–Trinajstić information content (AvgIpc) is 3.10. The Bertz CT molecular complexity index is 1170. The average molecular weight is 465 g/mol. The van der Waals surface area contributed by atoms with Gasteiger partial charge in [-0.3, -0.25) is 9.59 Å². The number of morpholine rings is 1. The Hall–Kier alpha value is -3.42. The van der Waals surface area contributed by atoms with Crippen LogP contribution in [-0.4, -0.2) is 52.8 Å². The third kappa shape index (κ3) is 5.50. The molecule has 8 heteroatoms. The summed E-state index contributed by atoms with van der Waals surface area (Å²) in [6.45, 7) is 4.48. The van der Waals surface area contributed by atoms with E-state index >= 15 is 0 Å². The van der Waals surface area contributed by atoms with Crippen LogP contribution in [0.2, 0.25) is 5.15 Å². The number of nitrogens with zero attached hydrogens (tertiary/aromatic N) is 3. The van der Waals surface area contributed by atoms with Crippen molar-refractivity contribution in [3.8, 4) is 0 Å². The topological polar surface area (TPSA) is 76.5 Å². The Morgan fingerprint density at radius 2 is 1.79 bits per heavy atom. The highest BCUT2D eigenvalue weighted by Gasteiger charge is 2.21. The zero-order valence-electron chi connectivity index (χ0n) is 18.3. The van der Waals surface area contributed by atoms with Crippen molar-refractivity contribution >= 4 is 35.2 Å². The summed E-state index contributed by atoms with van der Waals surface area (Å²) in [6.07, 6.45) is 3.05. The van der Waals surface area contributed by atoms with Crippen LogP contribution in [0.5, 0.6) is 0 Å². The number of halogens is 1. The van der Waals surface area contributed by atoms with Crippen LogP contribution in [0.3, 0.4) is 0 Å². The molecular formula is C25H25ClN4O3. The van der Waals surface area contributed by atoms with Gasteiger partial charge in [0.15, 0.2) is 0 Å². The van der Waals surface area contributed by atoms with Crippen molar-refractivity contribution in [1.29, 1.82) is 0 Å². The van der Waals surface area contributed by atoms with Crippen LogP contribution in [0.1, 0.15) is 27.2 Å². The van der Waals surface area contributed by atoms with Gasteiger partial charge in [-0.15, -0.1) is 0 Å². The first-order valence-corrected chi connectivity index (χ1v) is 11.1. The van der Waals surface area contributed by atoms with Crippen LogP contribution < -0.4 is 5.32 Å². The van der Waals surface area contributed by atoms with Crippen LogP contribution in [0.25, 0.3) is 6.08 Å². The van der Waals surface area contributed by atoms with Crippen LogP contribution in [-0.2, 0) is 16.1 Å². The van der Waals surface area contributed by atoms with E-state index in [4.69, 9.17) is 16.3 Å². The number of carbonyl (C=O) groups is 2. The maximum Gasteiger partial charge on any atom is 0.256 e. The van der Waals surface area contributed by atoms with Crippen LogP contribution in [0.15, 0.2) is 60.7 Å². The van der Waals surface area contributed by atoms with E-state index in [1.165, 1.54) is 6.08 Å². The number of aromatic nitrogens is 2. The summed E-state index contributed by atoms with van der Waals surface area (Å²) in [5.74, 6) is -0.484. The van der Waals surface area contributed by atoms with Crippen LogP contribution >= 0.6 is 11.6 Å². The van der Waals surface area contributed by atoms with E-state index < -0.39 is 0 Å². The van der Waals surface area contributed by atoms with E-state index in [2.05, 4.69) is 10.4 Å². The van der Waals surface area contributed by atoms with Gasteiger partial charge in [0, 0.05) is 24.7 Å². The minimum Gasteiger partial charge on any atom is -0.378 e. The second-order valence-corrected chi connectivity index (χ2v) is 8.06. The van der Waals surface area contributed by atoms with Crippen molar-refractivity contribution < 1.29 is 14.3 Å². The van der Waals surface area contributed by atoms with E-state index in [1.807, 2.05) is 37.3 Å². The highest BCUT2D eigenvalue weighted by molar-refractivity contribution is 6.31. The zero-order chi connectivity index (χ0) is 23.2. The normalized spacial score (nSPS) is 13.9. The predicted octanol–water partition coefficient (Wildman–Crippen LogP) is 4.02. The SMILES string of the molecule is Cc1nn(Cc2ccccc2)c(Cl)c1/C=C/C(=O)Nc1ccccc1C(=O)N1CCOCC1. The largest absolute Gasteiger partial charge is 0.378 e. The lowest BCUT2D eigenvalue weighted by Gasteiger charge is -2.27. The molecule has 0 aliphatic carbocycles. The molecule has 1 N–H and O–H groups in total. The molecular weight excluding hydrogens is 440 g/mol. The number of carbonyl (C=O) groups excluding carboxylic acids is 2. The highest BCUT2D eigenvalue weighted by atomic mass is 35.5. The smallest absolute Gasteiger partial charge is 0.256 e. The quantitative estimate of drug-likeness (QED) is 0.559. The minimum absolute atomic E-state index is 0.126. The standard InChI is InChI=1S/C25H25ClN4O3/c1-18-20(24(26)30(28-18)17-19-7-3-2-4-8-19)11-12-23(31)27-22-10-6-5-9-21(22)25(32)29-13-15-33-16-14-29/h2-12H,13-17H2,1H3,(H,27,31)/b12-11+. The Morgan fingerprint density at radius 3 is 2.55 bits per heavy atom. The third-order valence-corrected chi connectivity index (χ3v) is 5.80. The molecule has 33 heavy (non-hydrogen) atoms. The fourth-order valence-electron chi connectivity index (χ4n) is 3.67. The Labute approximate surface area is 197 Å². The molecule has 170 valence electrons. The molecule has 2 aromatic carbocycles. The monoisotopic (exact) mass is 464 g/mol. The molecule has 1 saturated heterocycles. The van der Waals surface area contributed by atoms with Gasteiger partial charge in [0.1, 0.15) is 5.15 Å². The summed E-state index contributed by atoms with van der Waals surface area (Å²) in [7, 11) is 0. The maximum absolute atomic E-state index is 12.9. The van der Waals surface area contributed by atoms with Gasteiger partial charge in [0.2, 0.25) is 5.91 Å². The summed E-state index contributed by atoms with van der Waals surface area (Å²) in [5, 5.41) is 7.77. The Kier molecular flexibility index (Phi) is 7.22. The van der Waals surface area contributed by atoms with Crippen molar-refractivity contribution in [3.63, 3.8) is 0 Å². The molecule has 1 aromatic heterocycles. The molecule has 0 atom stereocenters. The molecule has 3 aromatic rings. The molecule has 4 rings (SSSR count). The van der Waals surface area contributed by atoms with Crippen molar-refractivity contribution in [1.82, 2.24) is 14.7 Å². The van der Waals surface area contributed by atoms with E-state index in [9.17, 15) is 9.59 Å². The molecule has 2 amide bonds. The number of para-hydroxylation sites is 1. The molecule has 1 aliphatic heterocycles. The third-order valence-electron chi connectivity index (χ3n) is 5.40. The second-order valence-electron chi connectivity index (χ2n) is 7.71. The first kappa shape index (κ1) is 22.8. The minimum atomic E-state index is -0.358. The first-order chi connectivity index (χ1) is 16.0. The summed E-state index contributed by atoms with van der Waals surface area (Å²) >= 11 is 6.53. The number of rotatable bonds is 6. The summed E-state index contributed by atoms with van der Waals surface area (Å²) in [4.78, 5) is 27.3. The summed E-state index contributed by atoms with van der Waals surface area (Å²) in [5.41, 5.74) is 3.40. The van der Waals surface area contributed by atoms with Crippen LogP contribution in [0, 0.1) is 6.92 Å². The first-order valence-electron chi connectivity index (χ1n) is 10.7. The van der Waals surface area contributed by atoms with Crippen molar-refractivity contribution in [2.75, 3.05) is 31.6 Å². The van der Waals surface area contributed by atoms with Gasteiger partial charge in [-0.05, 0) is 30.7 Å². The molecule has 7 nitrogen and oxygen atoms in total. The number of amides is 2. The van der Waals surface area contributed by atoms with E-state index in [1.54, 1.807) is 39.9 Å². The molecule has 2 heterocycles. The lowest BCUT2D eigenvalue weighted by atomic mass is 10.1. The highest BCUT2D eigenvalue weighted by Crippen LogP contribution is 2.23. The van der Waals surface area contributed by atoms with Gasteiger partial charge < -0.3 is 15.0 Å². The maximum atomic E-state index is 12.9. The van der Waals surface area contributed by atoms with Gasteiger partial charge in [-0.25, -0.2) is 4.68 Å². The van der Waals surface area contributed by atoms with E-state index in [-0.39, 0.29) is 11.8 Å². The molecule has 0 bridgehead atoms. The fraction of sp³-hybridized carbons (Fsp3) is 0.240. The number of ether oxygens (including phenoxy) is 1. The van der Waals surface area contributed by atoms with Gasteiger partial charge >= 0.3 is 0 Å². The molecule has 0 saturated carbocycles. The number of aryl methyl sites for hydroxylation is 1. The molecule has 0 spiro atoms. The predicted molar refractivity (Wildman–Crippen MR) is 128 cm³/mol. The van der Waals surface area contributed by atoms with Crippen molar-refractivity contribution in [3.05, 3.63) is 88.2 Å².